The molecule has 1 rings (SSSR count). The molecule has 0 N–H and O–H groups in total. The Morgan fingerprint density at radius 1 is 1.33 bits per heavy atom. The van der Waals surface area contributed by atoms with Crippen molar-refractivity contribution in [2.45, 2.75) is 26.5 Å². The van der Waals surface area contributed by atoms with Gasteiger partial charge in [-0.2, -0.15) is 17.0 Å². The molecule has 0 heterocycles. The lowest BCUT2D eigenvalue weighted by atomic mass is 10.0. The van der Waals surface area contributed by atoms with E-state index in [1.807, 2.05) is 30.0 Å². The number of benzene rings is 1. The van der Waals surface area contributed by atoms with Crippen LogP contribution in [-0.4, -0.2) is 5.75 Å². The molecule has 0 bridgehead atoms. The highest BCUT2D eigenvalue weighted by Crippen LogP contribution is 2.23. The zero-order chi connectivity index (χ0) is 11.3. The monoisotopic (exact) mass is 219 g/mol. The van der Waals surface area contributed by atoms with Gasteiger partial charge in [-0.1, -0.05) is 32.9 Å². The fourth-order valence-corrected chi connectivity index (χ4v) is 2.34. The molecule has 0 radical (unpaired) electrons. The Bertz CT molecular complexity index is 358. The molecule has 0 saturated carbocycles. The predicted octanol–water partition coefficient (Wildman–Crippen LogP) is 3.84. The fourth-order valence-electron chi connectivity index (χ4n) is 1.21. The molecule has 0 aliphatic rings. The lowest BCUT2D eigenvalue weighted by molar-refractivity contribution is 0.480. The van der Waals surface area contributed by atoms with Crippen LogP contribution in [0.5, 0.6) is 0 Å². The number of nitriles is 1. The summed E-state index contributed by atoms with van der Waals surface area (Å²) in [6.45, 7) is 6.73. The number of hydrogen-bond acceptors (Lipinski definition) is 2. The molecule has 0 aliphatic carbocycles. The van der Waals surface area contributed by atoms with E-state index in [4.69, 9.17) is 5.26 Å². The topological polar surface area (TPSA) is 23.8 Å². The summed E-state index contributed by atoms with van der Waals surface area (Å²) in [5, 5.41) is 8.76. The normalized spacial score (nSPS) is 11.1. The average Bonchev–Trinajstić information content (AvgIpc) is 2.16. The molecule has 0 spiro atoms. The van der Waals surface area contributed by atoms with Crippen molar-refractivity contribution in [1.29, 1.82) is 5.26 Å². The van der Waals surface area contributed by atoms with E-state index >= 15 is 0 Å². The molecule has 0 aliphatic heterocycles. The van der Waals surface area contributed by atoms with Gasteiger partial charge in [-0.3, -0.25) is 0 Å². The lowest BCUT2D eigenvalue weighted by Crippen LogP contribution is -2.08. The zero-order valence-corrected chi connectivity index (χ0v) is 10.4. The van der Waals surface area contributed by atoms with Crippen molar-refractivity contribution in [3.8, 4) is 6.07 Å². The molecule has 15 heavy (non-hydrogen) atoms. The third kappa shape index (κ3) is 4.90. The van der Waals surface area contributed by atoms with Gasteiger partial charge in [0.1, 0.15) is 0 Å². The molecule has 0 unspecified atom stereocenters. The van der Waals surface area contributed by atoms with Crippen LogP contribution in [0.3, 0.4) is 0 Å². The maximum atomic E-state index is 8.76. The largest absolute Gasteiger partial charge is 0.192 e. The third-order valence-corrected chi connectivity index (χ3v) is 3.47. The average molecular weight is 219 g/mol. The quantitative estimate of drug-likeness (QED) is 0.771. The minimum atomic E-state index is 0.373. The Morgan fingerprint density at radius 3 is 2.67 bits per heavy atom. The number of thioether (sulfide) groups is 1. The molecule has 1 aromatic rings. The summed E-state index contributed by atoms with van der Waals surface area (Å²) in [4.78, 5) is 0. The predicted molar refractivity (Wildman–Crippen MR) is 66.8 cm³/mol. The standard InChI is InChI=1S/C13H17NS/c1-13(2,3)10-15-9-12-6-4-5-11(7-12)8-14/h4-7H,9-10H2,1-3H3. The van der Waals surface area contributed by atoms with Gasteiger partial charge in [-0.05, 0) is 28.9 Å². The second-order valence-corrected chi connectivity index (χ2v) is 5.85. The minimum Gasteiger partial charge on any atom is -0.192 e. The van der Waals surface area contributed by atoms with Crippen molar-refractivity contribution in [1.82, 2.24) is 0 Å². The van der Waals surface area contributed by atoms with Gasteiger partial charge in [0.15, 0.2) is 0 Å². The number of nitrogens with zero attached hydrogens (tertiary/aromatic N) is 1. The Labute approximate surface area is 96.5 Å². The summed E-state index contributed by atoms with van der Waals surface area (Å²) in [6.07, 6.45) is 0. The van der Waals surface area contributed by atoms with Crippen LogP contribution in [0, 0.1) is 16.7 Å². The Kier molecular flexibility index (Phi) is 4.23. The van der Waals surface area contributed by atoms with E-state index in [2.05, 4.69) is 32.9 Å². The Hall–Kier alpha value is -0.940. The molecule has 0 amide bonds. The van der Waals surface area contributed by atoms with Crippen molar-refractivity contribution in [3.05, 3.63) is 35.4 Å². The van der Waals surface area contributed by atoms with E-state index in [0.717, 1.165) is 17.1 Å². The highest BCUT2D eigenvalue weighted by atomic mass is 32.2. The van der Waals surface area contributed by atoms with Crippen molar-refractivity contribution in [3.63, 3.8) is 0 Å². The van der Waals surface area contributed by atoms with Gasteiger partial charge in [0.05, 0.1) is 11.6 Å². The van der Waals surface area contributed by atoms with Crippen LogP contribution >= 0.6 is 11.8 Å². The minimum absolute atomic E-state index is 0.373. The van der Waals surface area contributed by atoms with Crippen molar-refractivity contribution < 1.29 is 0 Å². The summed E-state index contributed by atoms with van der Waals surface area (Å²) in [7, 11) is 0. The van der Waals surface area contributed by atoms with E-state index in [1.165, 1.54) is 5.56 Å². The van der Waals surface area contributed by atoms with Crippen molar-refractivity contribution >= 4 is 11.8 Å². The SMILES string of the molecule is CC(C)(C)CSCc1cccc(C#N)c1. The summed E-state index contributed by atoms with van der Waals surface area (Å²) < 4.78 is 0. The van der Waals surface area contributed by atoms with Gasteiger partial charge in [0.25, 0.3) is 0 Å². The lowest BCUT2D eigenvalue weighted by Gasteiger charge is -2.17. The molecule has 1 nitrogen and oxygen atoms in total. The van der Waals surface area contributed by atoms with Crippen LogP contribution in [0.15, 0.2) is 24.3 Å². The summed E-state index contributed by atoms with van der Waals surface area (Å²) in [5.41, 5.74) is 2.37. The maximum Gasteiger partial charge on any atom is 0.0991 e. The van der Waals surface area contributed by atoms with Gasteiger partial charge in [0, 0.05) is 5.75 Å². The van der Waals surface area contributed by atoms with Gasteiger partial charge < -0.3 is 0 Å². The van der Waals surface area contributed by atoms with Crippen LogP contribution < -0.4 is 0 Å². The zero-order valence-electron chi connectivity index (χ0n) is 9.58. The van der Waals surface area contributed by atoms with Crippen molar-refractivity contribution in [2.24, 2.45) is 5.41 Å². The van der Waals surface area contributed by atoms with Gasteiger partial charge in [0.2, 0.25) is 0 Å². The number of hydrogen-bond donors (Lipinski definition) is 0. The van der Waals surface area contributed by atoms with Crippen LogP contribution in [0.1, 0.15) is 31.9 Å². The second-order valence-electron chi connectivity index (χ2n) is 4.87. The second kappa shape index (κ2) is 5.23. The van der Waals surface area contributed by atoms with Crippen LogP contribution in [0.25, 0.3) is 0 Å². The third-order valence-electron chi connectivity index (χ3n) is 1.86. The molecule has 80 valence electrons. The Balaban J connectivity index is 2.48. The summed E-state index contributed by atoms with van der Waals surface area (Å²) in [5.74, 6) is 2.14. The van der Waals surface area contributed by atoms with Crippen LogP contribution in [0.4, 0.5) is 0 Å². The van der Waals surface area contributed by atoms with Gasteiger partial charge in [-0.25, -0.2) is 0 Å². The summed E-state index contributed by atoms with van der Waals surface area (Å²) in [6, 6.07) is 10.0. The first-order valence-corrected chi connectivity index (χ1v) is 6.23. The fraction of sp³-hybridized carbons (Fsp3) is 0.462. The van der Waals surface area contributed by atoms with E-state index in [9.17, 15) is 0 Å². The highest BCUT2D eigenvalue weighted by Gasteiger charge is 2.09. The molecular formula is C13H17NS. The van der Waals surface area contributed by atoms with Crippen molar-refractivity contribution in [2.75, 3.05) is 5.75 Å². The van der Waals surface area contributed by atoms with E-state index in [1.54, 1.807) is 0 Å². The maximum absolute atomic E-state index is 8.76. The highest BCUT2D eigenvalue weighted by molar-refractivity contribution is 7.98. The molecule has 1 aromatic carbocycles. The van der Waals surface area contributed by atoms with Crippen LogP contribution in [0.2, 0.25) is 0 Å². The van der Waals surface area contributed by atoms with E-state index in [0.29, 0.717) is 5.41 Å². The summed E-state index contributed by atoms with van der Waals surface area (Å²) >= 11 is 1.92. The first-order valence-electron chi connectivity index (χ1n) is 5.08. The van der Waals surface area contributed by atoms with Gasteiger partial charge in [-0.15, -0.1) is 0 Å². The molecular weight excluding hydrogens is 202 g/mol. The first-order chi connectivity index (χ1) is 7.01. The Morgan fingerprint density at radius 2 is 2.07 bits per heavy atom. The molecule has 0 atom stereocenters. The number of rotatable bonds is 3. The molecule has 2 heteroatoms. The van der Waals surface area contributed by atoms with Gasteiger partial charge >= 0.3 is 0 Å². The molecule has 0 fully saturated rings. The first kappa shape index (κ1) is 12.1. The van der Waals surface area contributed by atoms with Crippen LogP contribution in [-0.2, 0) is 5.75 Å². The molecule has 0 saturated heterocycles. The van der Waals surface area contributed by atoms with E-state index < -0.39 is 0 Å². The molecule has 0 aromatic heterocycles. The smallest absolute Gasteiger partial charge is 0.0991 e. The van der Waals surface area contributed by atoms with E-state index in [-0.39, 0.29) is 0 Å².